The minimum Gasteiger partial charge on any atom is -0.481 e. The predicted octanol–water partition coefficient (Wildman–Crippen LogP) is 7.85. The Bertz CT molecular complexity index is 1010. The van der Waals surface area contributed by atoms with Crippen molar-refractivity contribution in [2.75, 3.05) is 6.61 Å². The van der Waals surface area contributed by atoms with Crippen LogP contribution in [0.2, 0.25) is 0 Å². The fourth-order valence-corrected chi connectivity index (χ4v) is 11.1. The van der Waals surface area contributed by atoms with E-state index >= 15 is 0 Å². The highest BCUT2D eigenvalue weighted by molar-refractivity contribution is 5.85. The second-order valence-corrected chi connectivity index (χ2v) is 15.8. The molecule has 0 heterocycles. The van der Waals surface area contributed by atoms with Crippen LogP contribution < -0.4 is 0 Å². The molecule has 0 saturated heterocycles. The van der Waals surface area contributed by atoms with Crippen molar-refractivity contribution in [1.29, 1.82) is 0 Å². The fraction of sp³-hybridized carbons (Fsp3) is 0.879. The summed E-state index contributed by atoms with van der Waals surface area (Å²) in [6.07, 6.45) is 11.5. The molecular weight excluding hydrogens is 460 g/mol. The number of ether oxygens (including phenoxy) is 1. The topological polar surface area (TPSA) is 63.6 Å². The van der Waals surface area contributed by atoms with Gasteiger partial charge in [-0.3, -0.25) is 9.59 Å². The van der Waals surface area contributed by atoms with Gasteiger partial charge < -0.3 is 9.84 Å². The molecular formula is C33H52O4. The lowest BCUT2D eigenvalue weighted by molar-refractivity contribution is -0.206. The number of ketones is 1. The zero-order chi connectivity index (χ0) is 27.2. The average molecular weight is 513 g/mol. The number of Topliss-reactive ketones (excluding diaryl/α,β-unsaturated/α-hetero) is 1. The minimum absolute atomic E-state index is 0.0121. The Kier molecular flexibility index (Phi) is 6.24. The fourth-order valence-electron chi connectivity index (χ4n) is 11.1. The number of hydrogen-bond acceptors (Lipinski definition) is 3. The van der Waals surface area contributed by atoms with Crippen molar-refractivity contribution in [3.8, 4) is 0 Å². The number of carboxylic acid groups (broad SMARTS) is 1. The first kappa shape index (κ1) is 27.4. The molecule has 5 aliphatic rings. The Hall–Kier alpha value is -1.16. The van der Waals surface area contributed by atoms with Crippen LogP contribution in [0.3, 0.4) is 0 Å². The third kappa shape index (κ3) is 3.48. The van der Waals surface area contributed by atoms with E-state index in [4.69, 9.17) is 4.74 Å². The van der Waals surface area contributed by atoms with Gasteiger partial charge in [0.1, 0.15) is 11.2 Å². The molecule has 4 heteroatoms. The van der Waals surface area contributed by atoms with E-state index in [2.05, 4.69) is 61.5 Å². The van der Waals surface area contributed by atoms with Crippen molar-refractivity contribution < 1.29 is 19.4 Å². The summed E-state index contributed by atoms with van der Waals surface area (Å²) in [6, 6.07) is 0. The van der Waals surface area contributed by atoms with Crippen LogP contribution in [-0.2, 0) is 14.3 Å². The molecule has 0 aromatic carbocycles. The second kappa shape index (κ2) is 8.42. The molecule has 4 fully saturated rings. The normalized spacial score (nSPS) is 48.1. The summed E-state index contributed by atoms with van der Waals surface area (Å²) in [6.45, 7) is 19.3. The molecule has 4 nitrogen and oxygen atoms in total. The lowest BCUT2D eigenvalue weighted by atomic mass is 9.33. The number of fused-ring (bicyclic) bond motifs is 7. The number of carbonyl (C=O) groups is 2. The van der Waals surface area contributed by atoms with E-state index in [1.54, 1.807) is 0 Å². The van der Waals surface area contributed by atoms with Crippen LogP contribution in [0.25, 0.3) is 0 Å². The predicted molar refractivity (Wildman–Crippen MR) is 147 cm³/mol. The third-order valence-corrected chi connectivity index (χ3v) is 13.3. The van der Waals surface area contributed by atoms with Crippen molar-refractivity contribution >= 4 is 11.8 Å². The largest absolute Gasteiger partial charge is 0.481 e. The average Bonchev–Trinajstić information content (AvgIpc) is 2.80. The molecule has 5 aliphatic carbocycles. The van der Waals surface area contributed by atoms with Gasteiger partial charge in [-0.2, -0.15) is 0 Å². The summed E-state index contributed by atoms with van der Waals surface area (Å²) in [7, 11) is 0. The third-order valence-electron chi connectivity index (χ3n) is 13.3. The van der Waals surface area contributed by atoms with Crippen molar-refractivity contribution in [3.63, 3.8) is 0 Å². The van der Waals surface area contributed by atoms with Crippen LogP contribution in [0.4, 0.5) is 0 Å². The van der Waals surface area contributed by atoms with Gasteiger partial charge in [-0.1, -0.05) is 67.0 Å². The van der Waals surface area contributed by atoms with E-state index in [9.17, 15) is 14.7 Å². The van der Waals surface area contributed by atoms with E-state index in [1.165, 1.54) is 5.57 Å². The summed E-state index contributed by atoms with van der Waals surface area (Å²) in [4.78, 5) is 26.2. The molecule has 0 unspecified atom stereocenters. The minimum atomic E-state index is -0.820. The number of carbonyl (C=O) groups excluding carboxylic acids is 1. The maximum Gasteiger partial charge on any atom is 0.312 e. The van der Waals surface area contributed by atoms with Crippen LogP contribution in [0.15, 0.2) is 11.6 Å². The Morgan fingerprint density at radius 1 is 1.00 bits per heavy atom. The molecule has 4 saturated carbocycles. The van der Waals surface area contributed by atoms with Gasteiger partial charge in [0.15, 0.2) is 0 Å². The molecule has 0 bridgehead atoms. The number of carboxylic acids is 1. The van der Waals surface area contributed by atoms with Crippen LogP contribution in [0.5, 0.6) is 0 Å². The number of hydrogen-bond donors (Lipinski definition) is 1. The number of allylic oxidation sites excluding steroid dienone is 2. The number of aliphatic carboxylic acids is 1. The smallest absolute Gasteiger partial charge is 0.312 e. The second-order valence-electron chi connectivity index (χ2n) is 15.8. The highest BCUT2D eigenvalue weighted by Crippen LogP contribution is 2.75. The lowest BCUT2D eigenvalue weighted by Gasteiger charge is -2.71. The SMILES string of the molecule is CCCO[C@@H]1CC(C)(C)C[C@H]2C3=CC[C@@H]4[C@@]5(C)CCC(=O)C(C)(C)[C@@H]5CC[C@@]4(C)[C@]3(C)CC[C@@]12C(=O)O. The van der Waals surface area contributed by atoms with Crippen LogP contribution >= 0.6 is 0 Å². The summed E-state index contributed by atoms with van der Waals surface area (Å²) in [5.41, 5.74) is 0.672. The summed E-state index contributed by atoms with van der Waals surface area (Å²) in [5.74, 6) is 0.791. The summed E-state index contributed by atoms with van der Waals surface area (Å²) < 4.78 is 6.43. The van der Waals surface area contributed by atoms with Gasteiger partial charge in [0.05, 0.1) is 6.10 Å². The first-order valence-electron chi connectivity index (χ1n) is 15.2. The van der Waals surface area contributed by atoms with Crippen LogP contribution in [0, 0.1) is 50.2 Å². The van der Waals surface area contributed by atoms with Crippen molar-refractivity contribution in [2.45, 2.75) is 126 Å². The van der Waals surface area contributed by atoms with E-state index in [1.807, 2.05) is 0 Å². The Balaban J connectivity index is 1.60. The van der Waals surface area contributed by atoms with E-state index < -0.39 is 11.4 Å². The Morgan fingerprint density at radius 3 is 2.35 bits per heavy atom. The highest BCUT2D eigenvalue weighted by atomic mass is 16.5. The molecule has 0 aromatic rings. The van der Waals surface area contributed by atoms with Crippen molar-refractivity contribution in [2.24, 2.45) is 50.2 Å². The van der Waals surface area contributed by atoms with Gasteiger partial charge in [0.25, 0.3) is 0 Å². The van der Waals surface area contributed by atoms with Gasteiger partial charge in [-0.25, -0.2) is 0 Å². The van der Waals surface area contributed by atoms with Crippen molar-refractivity contribution in [1.82, 2.24) is 0 Å². The standard InChI is InChI=1S/C33H52O4/c1-9-18-37-26-20-28(2,3)19-22-21-10-11-24-30(6)14-13-25(34)29(4,5)23(30)12-15-32(24,8)31(21,7)16-17-33(22,26)27(35)36/h10,22-24,26H,9,11-20H2,1-8H3,(H,35,36)/t22-,23-,24+,26+,30-,31+,32+,33-/m0/s1. The van der Waals surface area contributed by atoms with Crippen LogP contribution in [0.1, 0.15) is 120 Å². The Labute approximate surface area is 225 Å². The molecule has 0 spiro atoms. The van der Waals surface area contributed by atoms with Gasteiger partial charge in [0.2, 0.25) is 0 Å². The van der Waals surface area contributed by atoms with Gasteiger partial charge in [-0.15, -0.1) is 0 Å². The quantitative estimate of drug-likeness (QED) is 0.390. The zero-order valence-corrected chi connectivity index (χ0v) is 24.8. The first-order chi connectivity index (χ1) is 17.1. The van der Waals surface area contributed by atoms with E-state index in [0.29, 0.717) is 37.1 Å². The van der Waals surface area contributed by atoms with Crippen molar-refractivity contribution in [3.05, 3.63) is 11.6 Å². The molecule has 0 radical (unpaired) electrons. The molecule has 0 aliphatic heterocycles. The molecule has 37 heavy (non-hydrogen) atoms. The molecule has 0 aromatic heterocycles. The lowest BCUT2D eigenvalue weighted by Crippen LogP contribution is -2.66. The van der Waals surface area contributed by atoms with Crippen LogP contribution in [-0.4, -0.2) is 29.6 Å². The molecule has 208 valence electrons. The first-order valence-corrected chi connectivity index (χ1v) is 15.2. The molecule has 0 amide bonds. The summed E-state index contributed by atoms with van der Waals surface area (Å²) in [5, 5.41) is 10.9. The molecule has 1 N–H and O–H groups in total. The van der Waals surface area contributed by atoms with Gasteiger partial charge in [-0.05, 0) is 97.2 Å². The van der Waals surface area contributed by atoms with E-state index in [0.717, 1.165) is 51.4 Å². The monoisotopic (exact) mass is 512 g/mol. The zero-order valence-electron chi connectivity index (χ0n) is 24.8. The highest BCUT2D eigenvalue weighted by Gasteiger charge is 2.70. The molecule has 8 atom stereocenters. The van der Waals surface area contributed by atoms with Gasteiger partial charge in [0, 0.05) is 18.4 Å². The summed E-state index contributed by atoms with van der Waals surface area (Å²) >= 11 is 0. The molecule has 5 rings (SSSR count). The van der Waals surface area contributed by atoms with E-state index in [-0.39, 0.29) is 39.1 Å². The maximum absolute atomic E-state index is 13.2. The maximum atomic E-state index is 13.2. The Morgan fingerprint density at radius 2 is 1.70 bits per heavy atom. The van der Waals surface area contributed by atoms with Gasteiger partial charge >= 0.3 is 5.97 Å². The number of rotatable bonds is 4.